The summed E-state index contributed by atoms with van der Waals surface area (Å²) >= 11 is 0. The molecule has 0 radical (unpaired) electrons. The van der Waals surface area contributed by atoms with Crippen molar-refractivity contribution in [3.63, 3.8) is 0 Å². The number of ether oxygens (including phenoxy) is 1. The Morgan fingerprint density at radius 1 is 1.65 bits per heavy atom. The molecular weight excluding hydrogens is 231 g/mol. The molecule has 6 nitrogen and oxygen atoms in total. The monoisotopic (exact) mass is 242 g/mol. The van der Waals surface area contributed by atoms with Crippen LogP contribution in [-0.2, 0) is 4.74 Å². The van der Waals surface area contributed by atoms with Gasteiger partial charge in [0.2, 0.25) is 6.54 Å². The number of nitrogens with one attached hydrogen (secondary N) is 1. The van der Waals surface area contributed by atoms with E-state index in [9.17, 15) is 19.3 Å². The predicted octanol–water partition coefficient (Wildman–Crippen LogP) is 1.50. The molecule has 1 aromatic carbocycles. The molecule has 7 heteroatoms. The number of rotatable bonds is 4. The summed E-state index contributed by atoms with van der Waals surface area (Å²) in [4.78, 5) is 20.9. The van der Waals surface area contributed by atoms with Crippen LogP contribution in [0.5, 0.6) is 0 Å². The molecule has 0 heterocycles. The summed E-state index contributed by atoms with van der Waals surface area (Å²) in [6.45, 7) is -0.543. The number of alkyl carbamates (subject to hydrolysis) is 1. The number of methoxy groups -OCH3 is 1. The van der Waals surface area contributed by atoms with E-state index in [1.54, 1.807) is 0 Å². The van der Waals surface area contributed by atoms with Crippen LogP contribution in [0.25, 0.3) is 0 Å². The maximum atomic E-state index is 13.0. The third-order valence-electron chi connectivity index (χ3n) is 2.06. The fourth-order valence-electron chi connectivity index (χ4n) is 1.31. The number of carbonyl (C=O) groups is 1. The lowest BCUT2D eigenvalue weighted by molar-refractivity contribution is -0.484. The Hall–Kier alpha value is -2.18. The second-order valence-electron chi connectivity index (χ2n) is 3.26. The maximum absolute atomic E-state index is 13.0. The van der Waals surface area contributed by atoms with Crippen LogP contribution in [0, 0.1) is 15.9 Å². The summed E-state index contributed by atoms with van der Waals surface area (Å²) in [5, 5.41) is 12.7. The van der Waals surface area contributed by atoms with Gasteiger partial charge in [-0.2, -0.15) is 0 Å². The zero-order valence-corrected chi connectivity index (χ0v) is 9.05. The first-order valence-electron chi connectivity index (χ1n) is 4.74. The standard InChI is InChI=1S/C10H11FN2O4/c1-17-10(14)12-9(6-13(15)16)7-3-2-4-8(11)5-7/h2-5,9H,6H2,1H3,(H,12,14). The molecule has 1 atom stereocenters. The molecule has 0 bridgehead atoms. The summed E-state index contributed by atoms with van der Waals surface area (Å²) in [6.07, 6.45) is -0.805. The molecule has 0 aliphatic rings. The van der Waals surface area contributed by atoms with Gasteiger partial charge in [-0.1, -0.05) is 12.1 Å². The fourth-order valence-corrected chi connectivity index (χ4v) is 1.31. The summed E-state index contributed by atoms with van der Waals surface area (Å²) in [5.74, 6) is -0.525. The molecule has 1 amide bonds. The highest BCUT2D eigenvalue weighted by atomic mass is 19.1. The number of benzene rings is 1. The van der Waals surface area contributed by atoms with Gasteiger partial charge < -0.3 is 10.1 Å². The van der Waals surface area contributed by atoms with Crippen molar-refractivity contribution in [2.75, 3.05) is 13.7 Å². The van der Waals surface area contributed by atoms with E-state index < -0.39 is 29.4 Å². The minimum atomic E-state index is -0.923. The molecule has 17 heavy (non-hydrogen) atoms. The van der Waals surface area contributed by atoms with Gasteiger partial charge in [0.05, 0.1) is 7.11 Å². The van der Waals surface area contributed by atoms with Gasteiger partial charge >= 0.3 is 6.09 Å². The molecule has 1 unspecified atom stereocenters. The van der Waals surface area contributed by atoms with Crippen LogP contribution < -0.4 is 5.32 Å². The topological polar surface area (TPSA) is 81.5 Å². The van der Waals surface area contributed by atoms with Gasteiger partial charge in [0, 0.05) is 4.92 Å². The van der Waals surface area contributed by atoms with Crippen LogP contribution in [0.1, 0.15) is 11.6 Å². The van der Waals surface area contributed by atoms with Gasteiger partial charge in [0.25, 0.3) is 0 Å². The fraction of sp³-hybridized carbons (Fsp3) is 0.300. The molecule has 0 saturated heterocycles. The highest BCUT2D eigenvalue weighted by Gasteiger charge is 2.20. The average Bonchev–Trinajstić information content (AvgIpc) is 2.27. The Bertz CT molecular complexity index is 425. The minimum Gasteiger partial charge on any atom is -0.453 e. The third kappa shape index (κ3) is 4.06. The van der Waals surface area contributed by atoms with Crippen molar-refractivity contribution in [2.24, 2.45) is 0 Å². The van der Waals surface area contributed by atoms with Crippen molar-refractivity contribution < 1.29 is 18.8 Å². The summed E-state index contributed by atoms with van der Waals surface area (Å²) in [7, 11) is 1.14. The lowest BCUT2D eigenvalue weighted by Crippen LogP contribution is -2.32. The number of amides is 1. The van der Waals surface area contributed by atoms with Crippen LogP contribution in [0.2, 0.25) is 0 Å². The molecule has 0 aliphatic heterocycles. The van der Waals surface area contributed by atoms with Crippen molar-refractivity contribution >= 4 is 6.09 Å². The molecule has 0 fully saturated rings. The molecule has 0 spiro atoms. The summed E-state index contributed by atoms with van der Waals surface area (Å²) < 4.78 is 17.3. The van der Waals surface area contributed by atoms with Gasteiger partial charge in [-0.15, -0.1) is 0 Å². The van der Waals surface area contributed by atoms with E-state index in [1.807, 2.05) is 0 Å². The van der Waals surface area contributed by atoms with Gasteiger partial charge in [-0.25, -0.2) is 9.18 Å². The first kappa shape index (κ1) is 12.9. The first-order valence-corrected chi connectivity index (χ1v) is 4.74. The van der Waals surface area contributed by atoms with E-state index in [2.05, 4.69) is 10.1 Å². The largest absolute Gasteiger partial charge is 0.453 e. The molecule has 0 saturated carbocycles. The Balaban J connectivity index is 2.89. The number of hydrogen-bond donors (Lipinski definition) is 1. The number of nitrogens with zero attached hydrogens (tertiary/aromatic N) is 1. The number of nitro groups is 1. The van der Waals surface area contributed by atoms with Crippen LogP contribution in [0.15, 0.2) is 24.3 Å². The normalized spacial score (nSPS) is 11.6. The molecule has 1 aromatic rings. The number of halogens is 1. The van der Waals surface area contributed by atoms with Crippen molar-refractivity contribution in [1.82, 2.24) is 5.32 Å². The van der Waals surface area contributed by atoms with E-state index >= 15 is 0 Å². The second-order valence-corrected chi connectivity index (χ2v) is 3.26. The predicted molar refractivity (Wildman–Crippen MR) is 56.5 cm³/mol. The van der Waals surface area contributed by atoms with E-state index in [-0.39, 0.29) is 0 Å². The molecule has 92 valence electrons. The van der Waals surface area contributed by atoms with Crippen LogP contribution >= 0.6 is 0 Å². The van der Waals surface area contributed by atoms with Gasteiger partial charge in [-0.05, 0) is 17.7 Å². The Morgan fingerprint density at radius 2 is 2.35 bits per heavy atom. The lowest BCUT2D eigenvalue weighted by atomic mass is 10.1. The van der Waals surface area contributed by atoms with Crippen LogP contribution in [0.3, 0.4) is 0 Å². The van der Waals surface area contributed by atoms with Crippen LogP contribution in [-0.4, -0.2) is 24.7 Å². The Morgan fingerprint density at radius 3 is 2.88 bits per heavy atom. The van der Waals surface area contributed by atoms with Crippen molar-refractivity contribution in [1.29, 1.82) is 0 Å². The van der Waals surface area contributed by atoms with Crippen molar-refractivity contribution in [3.8, 4) is 0 Å². The lowest BCUT2D eigenvalue weighted by Gasteiger charge is -2.14. The Kier molecular flexibility index (Phi) is 4.38. The molecule has 0 aliphatic carbocycles. The van der Waals surface area contributed by atoms with Gasteiger partial charge in [-0.3, -0.25) is 10.1 Å². The summed E-state index contributed by atoms with van der Waals surface area (Å²) in [5.41, 5.74) is 0.312. The zero-order valence-electron chi connectivity index (χ0n) is 9.05. The SMILES string of the molecule is COC(=O)NC(C[N+](=O)[O-])c1cccc(F)c1. The second kappa shape index (κ2) is 5.78. The van der Waals surface area contributed by atoms with E-state index in [1.165, 1.54) is 18.2 Å². The number of carbonyl (C=O) groups excluding carboxylic acids is 1. The average molecular weight is 242 g/mol. The molecular formula is C10H11FN2O4. The smallest absolute Gasteiger partial charge is 0.407 e. The van der Waals surface area contributed by atoms with Gasteiger partial charge in [0.15, 0.2) is 0 Å². The number of hydrogen-bond acceptors (Lipinski definition) is 4. The molecule has 0 aromatic heterocycles. The van der Waals surface area contributed by atoms with Crippen LogP contribution in [0.4, 0.5) is 9.18 Å². The van der Waals surface area contributed by atoms with E-state index in [4.69, 9.17) is 0 Å². The minimum absolute atomic E-state index is 0.312. The first-order chi connectivity index (χ1) is 8.02. The maximum Gasteiger partial charge on any atom is 0.407 e. The van der Waals surface area contributed by atoms with E-state index in [0.29, 0.717) is 5.56 Å². The third-order valence-corrected chi connectivity index (χ3v) is 2.06. The zero-order chi connectivity index (χ0) is 12.8. The highest BCUT2D eigenvalue weighted by Crippen LogP contribution is 2.14. The highest BCUT2D eigenvalue weighted by molar-refractivity contribution is 5.67. The molecule has 1 rings (SSSR count). The van der Waals surface area contributed by atoms with Crippen molar-refractivity contribution in [2.45, 2.75) is 6.04 Å². The Labute approximate surface area is 96.5 Å². The van der Waals surface area contributed by atoms with Gasteiger partial charge in [0.1, 0.15) is 11.9 Å². The quantitative estimate of drug-likeness (QED) is 0.640. The summed E-state index contributed by atoms with van der Waals surface area (Å²) in [6, 6.07) is 4.33. The van der Waals surface area contributed by atoms with Crippen molar-refractivity contribution in [3.05, 3.63) is 45.8 Å². The molecule has 1 N–H and O–H groups in total. The van der Waals surface area contributed by atoms with E-state index in [0.717, 1.165) is 13.2 Å².